The van der Waals surface area contributed by atoms with Crippen molar-refractivity contribution in [2.24, 2.45) is 0 Å². The fraction of sp³-hybridized carbons (Fsp3) is 0.240. The Labute approximate surface area is 160 Å². The van der Waals surface area contributed by atoms with Gasteiger partial charge in [0.25, 0.3) is 0 Å². The van der Waals surface area contributed by atoms with Gasteiger partial charge in [0.15, 0.2) is 0 Å². The van der Waals surface area contributed by atoms with Crippen LogP contribution in [0, 0.1) is 17.1 Å². The average molecular weight is 355 g/mol. The summed E-state index contributed by atoms with van der Waals surface area (Å²) in [4.78, 5) is 0. The van der Waals surface area contributed by atoms with Crippen LogP contribution in [0.4, 0.5) is 4.39 Å². The zero-order valence-corrected chi connectivity index (χ0v) is 15.6. The Bertz CT molecular complexity index is 1030. The molecule has 0 radical (unpaired) electrons. The lowest BCUT2D eigenvalue weighted by Gasteiger charge is -2.22. The summed E-state index contributed by atoms with van der Waals surface area (Å²) in [6, 6.07) is 20.0. The van der Waals surface area contributed by atoms with Crippen molar-refractivity contribution >= 4 is 0 Å². The largest absolute Gasteiger partial charge is 0.207 e. The van der Waals surface area contributed by atoms with Crippen LogP contribution in [-0.2, 0) is 19.3 Å². The third kappa shape index (κ3) is 3.38. The minimum atomic E-state index is -0.0776. The van der Waals surface area contributed by atoms with Gasteiger partial charge in [-0.05, 0) is 82.8 Å². The molecule has 3 aromatic carbocycles. The van der Waals surface area contributed by atoms with Gasteiger partial charge in [-0.2, -0.15) is 5.26 Å². The maximum atomic E-state index is 14.6. The second-order valence-corrected chi connectivity index (χ2v) is 7.27. The Kier molecular flexibility index (Phi) is 4.77. The second-order valence-electron chi connectivity index (χ2n) is 7.27. The van der Waals surface area contributed by atoms with Crippen molar-refractivity contribution in [2.45, 2.75) is 39.0 Å². The topological polar surface area (TPSA) is 23.8 Å². The predicted octanol–water partition coefficient (Wildman–Crippen LogP) is 6.47. The van der Waals surface area contributed by atoms with Gasteiger partial charge in [0.2, 0.25) is 0 Å². The van der Waals surface area contributed by atoms with Crippen LogP contribution in [0.15, 0.2) is 54.6 Å². The van der Waals surface area contributed by atoms with Gasteiger partial charge in [-0.1, -0.05) is 49.7 Å². The molecule has 0 saturated carbocycles. The lowest BCUT2D eigenvalue weighted by atomic mass is 9.83. The minimum Gasteiger partial charge on any atom is -0.207 e. The summed E-state index contributed by atoms with van der Waals surface area (Å²) in [6.07, 6.45) is 4.86. The summed E-state index contributed by atoms with van der Waals surface area (Å²) < 4.78 is 14.6. The highest BCUT2D eigenvalue weighted by atomic mass is 19.1. The number of fused-ring (bicyclic) bond motifs is 3. The number of aryl methyl sites for hydroxylation is 3. The lowest BCUT2D eigenvalue weighted by Crippen LogP contribution is -2.06. The van der Waals surface area contributed by atoms with E-state index >= 15 is 0 Å². The molecule has 1 aliphatic rings. The first-order chi connectivity index (χ1) is 13.2. The van der Waals surface area contributed by atoms with Gasteiger partial charge in [0.1, 0.15) is 5.82 Å². The van der Waals surface area contributed by atoms with Crippen molar-refractivity contribution in [3.63, 3.8) is 0 Å². The number of benzene rings is 3. The molecule has 27 heavy (non-hydrogen) atoms. The highest BCUT2D eigenvalue weighted by Crippen LogP contribution is 2.37. The Morgan fingerprint density at radius 1 is 0.889 bits per heavy atom. The molecule has 2 heteroatoms. The van der Waals surface area contributed by atoms with Gasteiger partial charge in [-0.15, -0.1) is 0 Å². The Hall–Kier alpha value is -2.92. The number of nitrogens with zero attached hydrogens (tertiary/aromatic N) is 1. The monoisotopic (exact) mass is 355 g/mol. The molecule has 1 nitrogen and oxygen atoms in total. The van der Waals surface area contributed by atoms with E-state index in [4.69, 9.17) is 5.26 Å². The van der Waals surface area contributed by atoms with E-state index in [9.17, 15) is 4.39 Å². The van der Waals surface area contributed by atoms with E-state index in [1.165, 1.54) is 11.1 Å². The highest BCUT2D eigenvalue weighted by Gasteiger charge is 2.19. The molecule has 134 valence electrons. The maximum Gasteiger partial charge on any atom is 0.127 e. The van der Waals surface area contributed by atoms with Gasteiger partial charge < -0.3 is 0 Å². The molecule has 0 unspecified atom stereocenters. The molecule has 0 aromatic heterocycles. The molecule has 3 aromatic rings. The molecule has 0 amide bonds. The Morgan fingerprint density at radius 2 is 1.59 bits per heavy atom. The van der Waals surface area contributed by atoms with E-state index in [2.05, 4.69) is 37.3 Å². The van der Waals surface area contributed by atoms with Crippen molar-refractivity contribution in [3.8, 4) is 28.3 Å². The first kappa shape index (κ1) is 17.5. The standard InChI is InChI=1S/C25H22FN/c1-2-3-4-22-14-21-10-9-20-13-19(18-7-5-17(16-27)6-8-18)11-12-23(20)24(21)15-25(22)26/h5-8,11-15H,2-4,9-10H2,1H3. The molecule has 0 N–H and O–H groups in total. The fourth-order valence-electron chi connectivity index (χ4n) is 3.93. The van der Waals surface area contributed by atoms with Crippen molar-refractivity contribution in [3.05, 3.63) is 82.7 Å². The summed E-state index contributed by atoms with van der Waals surface area (Å²) in [5.41, 5.74) is 8.49. The number of nitriles is 1. The van der Waals surface area contributed by atoms with Gasteiger partial charge in [0.05, 0.1) is 11.6 Å². The van der Waals surface area contributed by atoms with E-state index < -0.39 is 0 Å². The lowest BCUT2D eigenvalue weighted by molar-refractivity contribution is 0.602. The molecule has 0 bridgehead atoms. The third-order valence-electron chi connectivity index (χ3n) is 5.48. The SMILES string of the molecule is CCCCc1cc2c(cc1F)-c1ccc(-c3ccc(C#N)cc3)cc1CC2. The van der Waals surface area contributed by atoms with Gasteiger partial charge in [-0.25, -0.2) is 4.39 Å². The number of unbranched alkanes of at least 4 members (excludes halogenated alkanes) is 1. The van der Waals surface area contributed by atoms with Gasteiger partial charge in [-0.3, -0.25) is 0 Å². The molecule has 0 saturated heterocycles. The molecular weight excluding hydrogens is 333 g/mol. The van der Waals surface area contributed by atoms with Crippen LogP contribution in [-0.4, -0.2) is 0 Å². The minimum absolute atomic E-state index is 0.0776. The molecule has 0 fully saturated rings. The zero-order valence-electron chi connectivity index (χ0n) is 15.6. The molecule has 0 spiro atoms. The third-order valence-corrected chi connectivity index (χ3v) is 5.48. The predicted molar refractivity (Wildman–Crippen MR) is 108 cm³/mol. The highest BCUT2D eigenvalue weighted by molar-refractivity contribution is 5.77. The first-order valence-electron chi connectivity index (χ1n) is 9.64. The average Bonchev–Trinajstić information content (AvgIpc) is 2.72. The summed E-state index contributed by atoms with van der Waals surface area (Å²) in [5.74, 6) is -0.0776. The van der Waals surface area contributed by atoms with E-state index in [1.807, 2.05) is 24.3 Å². The van der Waals surface area contributed by atoms with E-state index in [0.717, 1.165) is 59.9 Å². The van der Waals surface area contributed by atoms with E-state index in [0.29, 0.717) is 5.56 Å². The second kappa shape index (κ2) is 7.37. The van der Waals surface area contributed by atoms with Crippen molar-refractivity contribution in [1.82, 2.24) is 0 Å². The molecule has 1 aliphatic carbocycles. The number of hydrogen-bond donors (Lipinski definition) is 0. The van der Waals surface area contributed by atoms with Crippen LogP contribution < -0.4 is 0 Å². The fourth-order valence-corrected chi connectivity index (χ4v) is 3.93. The first-order valence-corrected chi connectivity index (χ1v) is 9.64. The van der Waals surface area contributed by atoms with Crippen LogP contribution >= 0.6 is 0 Å². The van der Waals surface area contributed by atoms with Crippen LogP contribution in [0.3, 0.4) is 0 Å². The molecule has 0 aliphatic heterocycles. The van der Waals surface area contributed by atoms with Crippen molar-refractivity contribution in [1.29, 1.82) is 5.26 Å². The van der Waals surface area contributed by atoms with E-state index in [1.54, 1.807) is 6.07 Å². The van der Waals surface area contributed by atoms with Gasteiger partial charge in [0, 0.05) is 0 Å². The van der Waals surface area contributed by atoms with E-state index in [-0.39, 0.29) is 5.82 Å². The molecule has 0 atom stereocenters. The van der Waals surface area contributed by atoms with Crippen molar-refractivity contribution in [2.75, 3.05) is 0 Å². The number of halogens is 1. The van der Waals surface area contributed by atoms with Gasteiger partial charge >= 0.3 is 0 Å². The summed E-state index contributed by atoms with van der Waals surface area (Å²) in [6.45, 7) is 2.14. The number of rotatable bonds is 4. The Balaban J connectivity index is 1.70. The van der Waals surface area contributed by atoms with Crippen molar-refractivity contribution < 1.29 is 4.39 Å². The Morgan fingerprint density at radius 3 is 2.30 bits per heavy atom. The summed E-state index contributed by atoms with van der Waals surface area (Å²) in [5, 5.41) is 8.96. The molecule has 4 rings (SSSR count). The number of hydrogen-bond acceptors (Lipinski definition) is 1. The normalized spacial score (nSPS) is 12.2. The summed E-state index contributed by atoms with van der Waals surface area (Å²) in [7, 11) is 0. The van der Waals surface area contributed by atoms with Crippen LogP contribution in [0.1, 0.15) is 42.0 Å². The van der Waals surface area contributed by atoms with Crippen LogP contribution in [0.2, 0.25) is 0 Å². The smallest absolute Gasteiger partial charge is 0.127 e. The molecule has 0 heterocycles. The molecular formula is C25H22FN. The van der Waals surface area contributed by atoms with Crippen LogP contribution in [0.25, 0.3) is 22.3 Å². The summed E-state index contributed by atoms with van der Waals surface area (Å²) >= 11 is 0. The zero-order chi connectivity index (χ0) is 18.8. The maximum absolute atomic E-state index is 14.6. The quantitative estimate of drug-likeness (QED) is 0.526. The van der Waals surface area contributed by atoms with Crippen LogP contribution in [0.5, 0.6) is 0 Å².